The number of aromatic nitrogens is 3. The molecule has 0 bridgehead atoms. The van der Waals surface area contributed by atoms with E-state index in [4.69, 9.17) is 0 Å². The molecule has 31 heavy (non-hydrogen) atoms. The highest BCUT2D eigenvalue weighted by atomic mass is 32.2. The van der Waals surface area contributed by atoms with Crippen LogP contribution in [0.3, 0.4) is 0 Å². The summed E-state index contributed by atoms with van der Waals surface area (Å²) in [5.41, 5.74) is 4.13. The number of fused-ring (bicyclic) bond motifs is 1. The standard InChI is InChI=1S/C22H25N5O3S/c28-22(24-10-14-5-7-31(29,30)8-6-14)19-13-23-20-4-1-15(16-11-25-26-12-16)9-18(20)21(19)27-17-2-3-17/h1,4,9,11-14,17H,2-3,5-8,10H2,(H,23,27)(H,24,28)(H,25,26). The monoisotopic (exact) mass is 439 g/mol. The minimum Gasteiger partial charge on any atom is -0.381 e. The molecule has 5 rings (SSSR count). The zero-order valence-corrected chi connectivity index (χ0v) is 17.9. The largest absolute Gasteiger partial charge is 0.381 e. The van der Waals surface area contributed by atoms with Crippen molar-refractivity contribution in [2.75, 3.05) is 23.4 Å². The predicted molar refractivity (Wildman–Crippen MR) is 120 cm³/mol. The number of amides is 1. The maximum absolute atomic E-state index is 13.1. The van der Waals surface area contributed by atoms with Crippen LogP contribution in [-0.2, 0) is 9.84 Å². The van der Waals surface area contributed by atoms with E-state index in [1.165, 1.54) is 0 Å². The van der Waals surface area contributed by atoms with Gasteiger partial charge in [-0.15, -0.1) is 0 Å². The van der Waals surface area contributed by atoms with Gasteiger partial charge >= 0.3 is 0 Å². The third kappa shape index (κ3) is 4.41. The summed E-state index contributed by atoms with van der Waals surface area (Å²) < 4.78 is 23.3. The quantitative estimate of drug-likeness (QED) is 0.544. The Morgan fingerprint density at radius 2 is 1.90 bits per heavy atom. The number of hydrogen-bond donors (Lipinski definition) is 3. The second-order valence-electron chi connectivity index (χ2n) is 8.49. The molecule has 9 heteroatoms. The minimum atomic E-state index is -2.91. The number of hydrogen-bond acceptors (Lipinski definition) is 6. The summed E-state index contributed by atoms with van der Waals surface area (Å²) in [6.45, 7) is 0.477. The van der Waals surface area contributed by atoms with Gasteiger partial charge in [0.15, 0.2) is 0 Å². The van der Waals surface area contributed by atoms with Crippen molar-refractivity contribution in [1.82, 2.24) is 20.5 Å². The van der Waals surface area contributed by atoms with Crippen LogP contribution >= 0.6 is 0 Å². The number of rotatable bonds is 6. The second kappa shape index (κ2) is 7.96. The molecule has 0 radical (unpaired) electrons. The molecule has 8 nitrogen and oxygen atoms in total. The van der Waals surface area contributed by atoms with Gasteiger partial charge in [-0.25, -0.2) is 8.42 Å². The molecule has 0 unspecified atom stereocenters. The number of H-pyrrole nitrogens is 1. The lowest BCUT2D eigenvalue weighted by atomic mass is 10.0. The van der Waals surface area contributed by atoms with Crippen molar-refractivity contribution in [3.8, 4) is 11.1 Å². The lowest BCUT2D eigenvalue weighted by Gasteiger charge is -2.22. The number of aromatic amines is 1. The van der Waals surface area contributed by atoms with Gasteiger partial charge in [-0.2, -0.15) is 5.10 Å². The third-order valence-electron chi connectivity index (χ3n) is 6.10. The molecular formula is C22H25N5O3S. The normalized spacial score (nSPS) is 18.7. The van der Waals surface area contributed by atoms with Crippen LogP contribution in [0, 0.1) is 5.92 Å². The molecule has 2 aliphatic rings. The summed E-state index contributed by atoms with van der Waals surface area (Å²) in [5.74, 6) is 0.417. The average molecular weight is 440 g/mol. The summed E-state index contributed by atoms with van der Waals surface area (Å²) in [6.07, 6.45) is 8.60. The Balaban J connectivity index is 1.42. The van der Waals surface area contributed by atoms with E-state index in [2.05, 4.69) is 25.8 Å². The number of nitrogens with zero attached hydrogens (tertiary/aromatic N) is 2. The number of nitrogens with one attached hydrogen (secondary N) is 3. The minimum absolute atomic E-state index is 0.181. The second-order valence-corrected chi connectivity index (χ2v) is 10.8. The molecule has 1 saturated carbocycles. The van der Waals surface area contributed by atoms with Gasteiger partial charge in [0.1, 0.15) is 9.84 Å². The fraction of sp³-hybridized carbons (Fsp3) is 0.409. The van der Waals surface area contributed by atoms with Gasteiger partial charge in [-0.3, -0.25) is 14.9 Å². The van der Waals surface area contributed by atoms with Gasteiger partial charge in [0.05, 0.1) is 34.5 Å². The average Bonchev–Trinajstić information content (AvgIpc) is 3.41. The summed E-state index contributed by atoms with van der Waals surface area (Å²) >= 11 is 0. The van der Waals surface area contributed by atoms with Crippen LogP contribution in [0.25, 0.3) is 22.0 Å². The van der Waals surface area contributed by atoms with E-state index in [9.17, 15) is 13.2 Å². The van der Waals surface area contributed by atoms with Crippen LogP contribution in [0.2, 0.25) is 0 Å². The number of anilines is 1. The molecule has 3 heterocycles. The number of carbonyl (C=O) groups is 1. The van der Waals surface area contributed by atoms with E-state index in [0.29, 0.717) is 31.0 Å². The fourth-order valence-corrected chi connectivity index (χ4v) is 5.60. The molecule has 1 aromatic carbocycles. The number of carbonyl (C=O) groups excluding carboxylic acids is 1. The van der Waals surface area contributed by atoms with Crippen molar-refractivity contribution in [1.29, 1.82) is 0 Å². The maximum Gasteiger partial charge on any atom is 0.254 e. The van der Waals surface area contributed by atoms with Gasteiger partial charge in [-0.05, 0) is 49.3 Å². The van der Waals surface area contributed by atoms with Crippen molar-refractivity contribution in [2.24, 2.45) is 5.92 Å². The van der Waals surface area contributed by atoms with Crippen molar-refractivity contribution in [3.05, 3.63) is 42.4 Å². The Morgan fingerprint density at radius 1 is 1.10 bits per heavy atom. The Labute approximate surface area is 180 Å². The van der Waals surface area contributed by atoms with Gasteiger partial charge < -0.3 is 10.6 Å². The molecule has 3 aromatic rings. The molecule has 0 spiro atoms. The van der Waals surface area contributed by atoms with Gasteiger partial charge in [-0.1, -0.05) is 6.07 Å². The summed E-state index contributed by atoms with van der Waals surface area (Å²) in [7, 11) is -2.91. The molecule has 2 aromatic heterocycles. The molecule has 2 fully saturated rings. The van der Waals surface area contributed by atoms with E-state index >= 15 is 0 Å². The number of sulfone groups is 1. The SMILES string of the molecule is O=C(NCC1CCS(=O)(=O)CC1)c1cnc2ccc(-c3cn[nH]c3)cc2c1NC1CC1. The smallest absolute Gasteiger partial charge is 0.254 e. The molecule has 1 aliphatic heterocycles. The topological polar surface area (TPSA) is 117 Å². The van der Waals surface area contributed by atoms with Crippen LogP contribution in [-0.4, -0.2) is 53.6 Å². The number of benzene rings is 1. The first-order valence-corrected chi connectivity index (χ1v) is 12.5. The first kappa shape index (κ1) is 20.0. The Bertz CT molecular complexity index is 1210. The van der Waals surface area contributed by atoms with E-state index in [1.54, 1.807) is 12.4 Å². The summed E-state index contributed by atoms with van der Waals surface area (Å²) in [4.78, 5) is 17.6. The molecular weight excluding hydrogens is 414 g/mol. The molecule has 1 amide bonds. The van der Waals surface area contributed by atoms with Gasteiger partial charge in [0, 0.05) is 35.9 Å². The van der Waals surface area contributed by atoms with Crippen molar-refractivity contribution >= 4 is 32.3 Å². The zero-order valence-electron chi connectivity index (χ0n) is 17.1. The highest BCUT2D eigenvalue weighted by Gasteiger charge is 2.27. The molecule has 1 saturated heterocycles. The van der Waals surface area contributed by atoms with Crippen molar-refractivity contribution in [2.45, 2.75) is 31.7 Å². The van der Waals surface area contributed by atoms with E-state index < -0.39 is 9.84 Å². The van der Waals surface area contributed by atoms with E-state index in [1.807, 2.05) is 24.4 Å². The van der Waals surface area contributed by atoms with Crippen LogP contribution < -0.4 is 10.6 Å². The third-order valence-corrected chi connectivity index (χ3v) is 7.81. The maximum atomic E-state index is 13.1. The highest BCUT2D eigenvalue weighted by Crippen LogP contribution is 2.34. The zero-order chi connectivity index (χ0) is 21.4. The van der Waals surface area contributed by atoms with Crippen LogP contribution in [0.15, 0.2) is 36.8 Å². The lowest BCUT2D eigenvalue weighted by molar-refractivity contribution is 0.0947. The van der Waals surface area contributed by atoms with Gasteiger partial charge in [0.2, 0.25) is 0 Å². The molecule has 3 N–H and O–H groups in total. The van der Waals surface area contributed by atoms with Crippen LogP contribution in [0.1, 0.15) is 36.0 Å². The Kier molecular flexibility index (Phi) is 5.13. The van der Waals surface area contributed by atoms with Crippen LogP contribution in [0.5, 0.6) is 0 Å². The molecule has 162 valence electrons. The van der Waals surface area contributed by atoms with Crippen LogP contribution in [0.4, 0.5) is 5.69 Å². The van der Waals surface area contributed by atoms with Crippen molar-refractivity contribution in [3.63, 3.8) is 0 Å². The van der Waals surface area contributed by atoms with E-state index in [-0.39, 0.29) is 23.3 Å². The summed E-state index contributed by atoms with van der Waals surface area (Å²) in [6, 6.07) is 6.37. The van der Waals surface area contributed by atoms with Gasteiger partial charge in [0.25, 0.3) is 5.91 Å². The Hall–Kier alpha value is -2.94. The number of pyridine rings is 1. The Morgan fingerprint density at radius 3 is 2.61 bits per heavy atom. The molecule has 0 atom stereocenters. The first-order valence-electron chi connectivity index (χ1n) is 10.7. The predicted octanol–water partition coefficient (Wildman–Crippen LogP) is 2.75. The first-order chi connectivity index (χ1) is 15.0. The van der Waals surface area contributed by atoms with Crippen molar-refractivity contribution < 1.29 is 13.2 Å². The summed E-state index contributed by atoms with van der Waals surface area (Å²) in [5, 5.41) is 14.3. The molecule has 1 aliphatic carbocycles. The highest BCUT2D eigenvalue weighted by molar-refractivity contribution is 7.91. The fourth-order valence-electron chi connectivity index (χ4n) is 4.02. The lowest BCUT2D eigenvalue weighted by Crippen LogP contribution is -2.34. The van der Waals surface area contributed by atoms with E-state index in [0.717, 1.165) is 40.6 Å².